The number of nitrogens with zero attached hydrogens (tertiary/aromatic N) is 1. The van der Waals surface area contributed by atoms with Gasteiger partial charge in [-0.3, -0.25) is 4.79 Å². The molecule has 0 saturated heterocycles. The molecule has 0 bridgehead atoms. The summed E-state index contributed by atoms with van der Waals surface area (Å²) in [5.74, 6) is 0. The molecule has 3 aromatic rings. The van der Waals surface area contributed by atoms with Crippen LogP contribution >= 0.6 is 0 Å². The molecule has 1 heterocycles. The molecular formula is C16H11F3N2O. The van der Waals surface area contributed by atoms with Gasteiger partial charge in [-0.25, -0.2) is 4.98 Å². The summed E-state index contributed by atoms with van der Waals surface area (Å²) in [7, 11) is 0. The molecule has 0 amide bonds. The Morgan fingerprint density at radius 2 is 1.68 bits per heavy atom. The normalized spacial score (nSPS) is 11.8. The van der Waals surface area contributed by atoms with Crippen molar-refractivity contribution in [3.05, 3.63) is 75.7 Å². The topological polar surface area (TPSA) is 45.8 Å². The van der Waals surface area contributed by atoms with Crippen LogP contribution in [-0.2, 0) is 12.6 Å². The molecule has 1 N–H and O–H groups in total. The Kier molecular flexibility index (Phi) is 3.44. The first-order valence-corrected chi connectivity index (χ1v) is 6.58. The molecule has 3 nitrogen and oxygen atoms in total. The van der Waals surface area contributed by atoms with Crippen molar-refractivity contribution in [3.63, 3.8) is 0 Å². The van der Waals surface area contributed by atoms with Gasteiger partial charge in [0, 0.05) is 6.42 Å². The number of hydrogen-bond acceptors (Lipinski definition) is 2. The highest BCUT2D eigenvalue weighted by molar-refractivity contribution is 5.73. The van der Waals surface area contributed by atoms with Crippen LogP contribution in [0, 0.1) is 0 Å². The van der Waals surface area contributed by atoms with Crippen molar-refractivity contribution in [3.8, 4) is 0 Å². The lowest BCUT2D eigenvalue weighted by molar-refractivity contribution is -0.138. The van der Waals surface area contributed by atoms with E-state index in [0.717, 1.165) is 6.07 Å². The van der Waals surface area contributed by atoms with Crippen LogP contribution < -0.4 is 5.56 Å². The predicted molar refractivity (Wildman–Crippen MR) is 76.6 cm³/mol. The van der Waals surface area contributed by atoms with Crippen molar-refractivity contribution in [2.24, 2.45) is 0 Å². The molecular weight excluding hydrogens is 293 g/mol. The quantitative estimate of drug-likeness (QED) is 0.787. The van der Waals surface area contributed by atoms with E-state index in [1.807, 2.05) is 0 Å². The van der Waals surface area contributed by atoms with Crippen LogP contribution in [0.25, 0.3) is 11.0 Å². The Balaban J connectivity index is 2.08. The van der Waals surface area contributed by atoms with Crippen molar-refractivity contribution >= 4 is 11.0 Å². The maximum absolute atomic E-state index is 13.0. The third kappa shape index (κ3) is 2.72. The molecule has 3 rings (SSSR count). The summed E-state index contributed by atoms with van der Waals surface area (Å²) in [6, 6.07) is 12.1. The minimum absolute atomic E-state index is 0.0308. The number of alkyl halides is 3. The summed E-state index contributed by atoms with van der Waals surface area (Å²) in [5.41, 5.74) is -0.0272. The fourth-order valence-corrected chi connectivity index (χ4v) is 2.32. The molecule has 0 aliphatic heterocycles. The molecule has 0 saturated carbocycles. The van der Waals surface area contributed by atoms with E-state index < -0.39 is 17.3 Å². The van der Waals surface area contributed by atoms with Gasteiger partial charge in [-0.1, -0.05) is 30.3 Å². The highest BCUT2D eigenvalue weighted by atomic mass is 19.4. The Morgan fingerprint density at radius 1 is 1.00 bits per heavy atom. The third-order valence-electron chi connectivity index (χ3n) is 3.35. The summed E-state index contributed by atoms with van der Waals surface area (Å²) >= 11 is 0. The van der Waals surface area contributed by atoms with Gasteiger partial charge in [-0.05, 0) is 23.8 Å². The van der Waals surface area contributed by atoms with Gasteiger partial charge in [0.2, 0.25) is 0 Å². The van der Waals surface area contributed by atoms with Gasteiger partial charge in [-0.2, -0.15) is 13.2 Å². The Morgan fingerprint density at radius 3 is 2.45 bits per heavy atom. The minimum Gasteiger partial charge on any atom is -0.319 e. The zero-order chi connectivity index (χ0) is 15.7. The Labute approximate surface area is 123 Å². The molecule has 112 valence electrons. The Hall–Kier alpha value is -2.63. The van der Waals surface area contributed by atoms with E-state index in [0.29, 0.717) is 11.0 Å². The van der Waals surface area contributed by atoms with Gasteiger partial charge in [0.25, 0.3) is 5.56 Å². The van der Waals surface area contributed by atoms with Crippen LogP contribution in [0.5, 0.6) is 0 Å². The molecule has 0 atom stereocenters. The maximum atomic E-state index is 13.0. The summed E-state index contributed by atoms with van der Waals surface area (Å²) in [5, 5.41) is 0. The first kappa shape index (κ1) is 14.3. The van der Waals surface area contributed by atoms with E-state index in [9.17, 15) is 18.0 Å². The zero-order valence-electron chi connectivity index (χ0n) is 11.3. The predicted octanol–water partition coefficient (Wildman–Crippen LogP) is 3.53. The van der Waals surface area contributed by atoms with Crippen molar-refractivity contribution < 1.29 is 13.2 Å². The van der Waals surface area contributed by atoms with E-state index in [1.165, 1.54) is 18.2 Å². The van der Waals surface area contributed by atoms with Crippen molar-refractivity contribution in [1.82, 2.24) is 9.97 Å². The second-order valence-corrected chi connectivity index (χ2v) is 4.86. The molecule has 2 aromatic carbocycles. The molecule has 0 unspecified atom stereocenters. The maximum Gasteiger partial charge on any atom is 0.416 e. The lowest BCUT2D eigenvalue weighted by Crippen LogP contribution is -2.17. The molecule has 0 aliphatic carbocycles. The molecule has 0 spiro atoms. The van der Waals surface area contributed by atoms with Crippen LogP contribution in [0.15, 0.2) is 53.3 Å². The molecule has 0 fully saturated rings. The second-order valence-electron chi connectivity index (χ2n) is 4.86. The van der Waals surface area contributed by atoms with Gasteiger partial charge < -0.3 is 4.98 Å². The van der Waals surface area contributed by atoms with Gasteiger partial charge >= 0.3 is 6.18 Å². The molecule has 22 heavy (non-hydrogen) atoms. The van der Waals surface area contributed by atoms with Crippen molar-refractivity contribution in [1.29, 1.82) is 0 Å². The van der Waals surface area contributed by atoms with Gasteiger partial charge in [0.05, 0.1) is 16.6 Å². The Bertz CT molecular complexity index is 884. The highest BCUT2D eigenvalue weighted by Crippen LogP contribution is 2.32. The van der Waals surface area contributed by atoms with E-state index in [4.69, 9.17) is 0 Å². The average Bonchev–Trinajstić information content (AvgIpc) is 2.47. The van der Waals surface area contributed by atoms with Crippen LogP contribution in [0.3, 0.4) is 0 Å². The lowest BCUT2D eigenvalue weighted by Gasteiger charge is -2.12. The second kappa shape index (κ2) is 5.29. The fourth-order valence-electron chi connectivity index (χ4n) is 2.32. The zero-order valence-corrected chi connectivity index (χ0v) is 11.3. The van der Waals surface area contributed by atoms with Crippen LogP contribution in [0.2, 0.25) is 0 Å². The number of hydrogen-bond donors (Lipinski definition) is 1. The first-order valence-electron chi connectivity index (χ1n) is 6.58. The van der Waals surface area contributed by atoms with Crippen LogP contribution in [0.4, 0.5) is 13.2 Å². The minimum atomic E-state index is -4.46. The third-order valence-corrected chi connectivity index (χ3v) is 3.35. The van der Waals surface area contributed by atoms with Crippen molar-refractivity contribution in [2.45, 2.75) is 12.6 Å². The summed E-state index contributed by atoms with van der Waals surface area (Å²) < 4.78 is 39.0. The van der Waals surface area contributed by atoms with E-state index >= 15 is 0 Å². The van der Waals surface area contributed by atoms with Gasteiger partial charge in [-0.15, -0.1) is 0 Å². The monoisotopic (exact) mass is 304 g/mol. The largest absolute Gasteiger partial charge is 0.416 e. The smallest absolute Gasteiger partial charge is 0.319 e. The average molecular weight is 304 g/mol. The van der Waals surface area contributed by atoms with Crippen LogP contribution in [0.1, 0.15) is 16.8 Å². The number of fused-ring (bicyclic) bond motifs is 1. The highest BCUT2D eigenvalue weighted by Gasteiger charge is 2.33. The van der Waals surface area contributed by atoms with Crippen molar-refractivity contribution in [2.75, 3.05) is 0 Å². The SMILES string of the molecule is O=c1[nH]c2ccccc2nc1Cc1ccccc1C(F)(F)F. The number of nitrogens with one attached hydrogen (secondary N) is 1. The molecule has 1 aromatic heterocycles. The number of halogens is 3. The molecule has 0 aliphatic rings. The van der Waals surface area contributed by atoms with E-state index in [2.05, 4.69) is 9.97 Å². The summed E-state index contributed by atoms with van der Waals surface area (Å²) in [6.45, 7) is 0. The number of para-hydroxylation sites is 2. The number of aromatic nitrogens is 2. The number of rotatable bonds is 2. The standard InChI is InChI=1S/C16H11F3N2O/c17-16(18,19)11-6-2-1-5-10(11)9-14-15(22)21-13-8-4-3-7-12(13)20-14/h1-8H,9H2,(H,21,22). The van der Waals surface area contributed by atoms with E-state index in [1.54, 1.807) is 24.3 Å². The lowest BCUT2D eigenvalue weighted by atomic mass is 10.0. The van der Waals surface area contributed by atoms with Crippen LogP contribution in [-0.4, -0.2) is 9.97 Å². The first-order chi connectivity index (χ1) is 10.4. The van der Waals surface area contributed by atoms with Gasteiger partial charge in [0.15, 0.2) is 0 Å². The number of aromatic amines is 1. The summed E-state index contributed by atoms with van der Waals surface area (Å²) in [6.07, 6.45) is -4.63. The summed E-state index contributed by atoms with van der Waals surface area (Å²) in [4.78, 5) is 18.8. The fraction of sp³-hybridized carbons (Fsp3) is 0.125. The number of H-pyrrole nitrogens is 1. The number of benzene rings is 2. The molecule has 0 radical (unpaired) electrons. The molecule has 6 heteroatoms. The van der Waals surface area contributed by atoms with Gasteiger partial charge in [0.1, 0.15) is 5.69 Å². The van der Waals surface area contributed by atoms with E-state index in [-0.39, 0.29) is 17.7 Å².